The van der Waals surface area contributed by atoms with Gasteiger partial charge >= 0.3 is 6.18 Å². The Bertz CT molecular complexity index is 180. The van der Waals surface area contributed by atoms with Crippen molar-refractivity contribution in [1.29, 1.82) is 0 Å². The molecule has 0 radical (unpaired) electrons. The Labute approximate surface area is 89.2 Å². The molecule has 15 heavy (non-hydrogen) atoms. The lowest BCUT2D eigenvalue weighted by Crippen LogP contribution is -2.35. The quantitative estimate of drug-likeness (QED) is 0.753. The minimum Gasteiger partial charge on any atom is -0.379 e. The fourth-order valence-electron chi connectivity index (χ4n) is 1.14. The van der Waals surface area contributed by atoms with Crippen LogP contribution in [-0.4, -0.2) is 31.5 Å². The van der Waals surface area contributed by atoms with Crippen LogP contribution in [0.3, 0.4) is 0 Å². The lowest BCUT2D eigenvalue weighted by atomic mass is 10.1. The maximum Gasteiger partial charge on any atom is 0.390 e. The fourth-order valence-corrected chi connectivity index (χ4v) is 1.14. The summed E-state index contributed by atoms with van der Waals surface area (Å²) in [7, 11) is 1.60. The van der Waals surface area contributed by atoms with E-state index < -0.39 is 18.6 Å². The Morgan fingerprint density at radius 2 is 1.80 bits per heavy atom. The highest BCUT2D eigenvalue weighted by atomic mass is 19.4. The first-order valence-electron chi connectivity index (χ1n) is 5.01. The number of nitrogens with one attached hydrogen (secondary N) is 1. The van der Waals surface area contributed by atoms with Crippen LogP contribution in [0.4, 0.5) is 13.2 Å². The SMILES string of the molecule is COC(C)(C)CCNC(C)CC(F)(F)F. The highest BCUT2D eigenvalue weighted by Gasteiger charge is 2.29. The molecule has 0 aromatic heterocycles. The van der Waals surface area contributed by atoms with Crippen molar-refractivity contribution in [3.8, 4) is 0 Å². The predicted octanol–water partition coefficient (Wildman–Crippen LogP) is 2.73. The number of hydrogen-bond acceptors (Lipinski definition) is 2. The van der Waals surface area contributed by atoms with Gasteiger partial charge in [0.2, 0.25) is 0 Å². The van der Waals surface area contributed by atoms with Gasteiger partial charge in [-0.25, -0.2) is 0 Å². The van der Waals surface area contributed by atoms with E-state index in [-0.39, 0.29) is 5.60 Å². The molecule has 0 aliphatic heterocycles. The molecular weight excluding hydrogens is 207 g/mol. The summed E-state index contributed by atoms with van der Waals surface area (Å²) >= 11 is 0. The average molecular weight is 227 g/mol. The maximum absolute atomic E-state index is 12.0. The molecule has 2 nitrogen and oxygen atoms in total. The van der Waals surface area contributed by atoms with E-state index in [4.69, 9.17) is 4.74 Å². The number of ether oxygens (including phenoxy) is 1. The first-order valence-corrected chi connectivity index (χ1v) is 5.01. The molecule has 0 spiro atoms. The zero-order valence-electron chi connectivity index (χ0n) is 9.74. The van der Waals surface area contributed by atoms with E-state index >= 15 is 0 Å². The lowest BCUT2D eigenvalue weighted by molar-refractivity contribution is -0.139. The third-order valence-corrected chi connectivity index (χ3v) is 2.31. The van der Waals surface area contributed by atoms with Gasteiger partial charge in [-0.1, -0.05) is 0 Å². The highest BCUT2D eigenvalue weighted by molar-refractivity contribution is 4.72. The van der Waals surface area contributed by atoms with Crippen molar-refractivity contribution in [2.45, 2.75) is 51.4 Å². The first-order chi connectivity index (χ1) is 6.66. The maximum atomic E-state index is 12.0. The van der Waals surface area contributed by atoms with E-state index in [0.717, 1.165) is 0 Å². The van der Waals surface area contributed by atoms with Crippen LogP contribution >= 0.6 is 0 Å². The summed E-state index contributed by atoms with van der Waals surface area (Å²) in [5.41, 5.74) is -0.287. The molecule has 92 valence electrons. The molecule has 0 aromatic rings. The molecule has 1 unspecified atom stereocenters. The van der Waals surface area contributed by atoms with Crippen molar-refractivity contribution in [2.75, 3.05) is 13.7 Å². The Morgan fingerprint density at radius 3 is 2.20 bits per heavy atom. The molecule has 0 rings (SSSR count). The van der Waals surface area contributed by atoms with Gasteiger partial charge in [-0.05, 0) is 33.7 Å². The van der Waals surface area contributed by atoms with Crippen LogP contribution < -0.4 is 5.32 Å². The molecule has 0 saturated heterocycles. The molecule has 0 aromatic carbocycles. The third kappa shape index (κ3) is 8.69. The van der Waals surface area contributed by atoms with E-state index in [0.29, 0.717) is 13.0 Å². The van der Waals surface area contributed by atoms with E-state index in [1.165, 1.54) is 6.92 Å². The predicted molar refractivity (Wildman–Crippen MR) is 53.8 cm³/mol. The van der Waals surface area contributed by atoms with Crippen LogP contribution in [0, 0.1) is 0 Å². The van der Waals surface area contributed by atoms with Crippen LogP contribution in [-0.2, 0) is 4.74 Å². The van der Waals surface area contributed by atoms with Crippen molar-refractivity contribution in [3.05, 3.63) is 0 Å². The number of methoxy groups -OCH3 is 1. The Morgan fingerprint density at radius 1 is 1.27 bits per heavy atom. The second kappa shape index (κ2) is 5.70. The van der Waals surface area contributed by atoms with Gasteiger partial charge in [-0.3, -0.25) is 0 Å². The molecule has 1 N–H and O–H groups in total. The van der Waals surface area contributed by atoms with Crippen LogP contribution in [0.25, 0.3) is 0 Å². The molecule has 0 fully saturated rings. The molecule has 1 atom stereocenters. The zero-order valence-corrected chi connectivity index (χ0v) is 9.74. The third-order valence-electron chi connectivity index (χ3n) is 2.31. The summed E-state index contributed by atoms with van der Waals surface area (Å²) in [6.07, 6.45) is -4.20. The molecule has 0 bridgehead atoms. The number of halogens is 3. The number of hydrogen-bond donors (Lipinski definition) is 1. The molecule has 0 aliphatic rings. The summed E-state index contributed by atoms with van der Waals surface area (Å²) in [4.78, 5) is 0. The van der Waals surface area contributed by atoms with Crippen molar-refractivity contribution < 1.29 is 17.9 Å². The molecule has 5 heteroatoms. The standard InChI is InChI=1S/C10H20F3NO/c1-8(7-10(11,12)13)14-6-5-9(2,3)15-4/h8,14H,5-7H2,1-4H3. The second-order valence-corrected chi connectivity index (χ2v) is 4.39. The van der Waals surface area contributed by atoms with Gasteiger partial charge in [0.15, 0.2) is 0 Å². The largest absolute Gasteiger partial charge is 0.390 e. The van der Waals surface area contributed by atoms with Crippen LogP contribution in [0.15, 0.2) is 0 Å². The normalized spacial score (nSPS) is 15.4. The summed E-state index contributed by atoms with van der Waals surface area (Å²) in [6.45, 7) is 5.87. The van der Waals surface area contributed by atoms with Gasteiger partial charge in [0, 0.05) is 13.2 Å². The smallest absolute Gasteiger partial charge is 0.379 e. The van der Waals surface area contributed by atoms with Gasteiger partial charge in [0.05, 0.1) is 12.0 Å². The zero-order chi connectivity index (χ0) is 12.1. The Balaban J connectivity index is 3.69. The van der Waals surface area contributed by atoms with Gasteiger partial charge in [-0.15, -0.1) is 0 Å². The van der Waals surface area contributed by atoms with E-state index in [1.54, 1.807) is 7.11 Å². The van der Waals surface area contributed by atoms with Crippen LogP contribution in [0.5, 0.6) is 0 Å². The van der Waals surface area contributed by atoms with Crippen molar-refractivity contribution in [2.24, 2.45) is 0 Å². The van der Waals surface area contributed by atoms with Crippen molar-refractivity contribution in [1.82, 2.24) is 5.32 Å². The molecular formula is C10H20F3NO. The minimum atomic E-state index is -4.09. The van der Waals surface area contributed by atoms with Gasteiger partial charge < -0.3 is 10.1 Å². The lowest BCUT2D eigenvalue weighted by Gasteiger charge is -2.24. The van der Waals surface area contributed by atoms with Gasteiger partial charge in [0.1, 0.15) is 0 Å². The molecule has 0 saturated carbocycles. The van der Waals surface area contributed by atoms with E-state index in [2.05, 4.69) is 5.32 Å². The summed E-state index contributed by atoms with van der Waals surface area (Å²) < 4.78 is 41.1. The van der Waals surface area contributed by atoms with Gasteiger partial charge in [0.25, 0.3) is 0 Å². The van der Waals surface area contributed by atoms with Crippen LogP contribution in [0.2, 0.25) is 0 Å². The molecule has 0 heterocycles. The summed E-state index contributed by atoms with van der Waals surface area (Å²) in [6, 6.07) is -0.544. The summed E-state index contributed by atoms with van der Waals surface area (Å²) in [5, 5.41) is 2.83. The van der Waals surface area contributed by atoms with Gasteiger partial charge in [-0.2, -0.15) is 13.2 Å². The van der Waals surface area contributed by atoms with Crippen molar-refractivity contribution in [3.63, 3.8) is 0 Å². The fraction of sp³-hybridized carbons (Fsp3) is 1.00. The monoisotopic (exact) mass is 227 g/mol. The average Bonchev–Trinajstić information content (AvgIpc) is 2.00. The highest BCUT2D eigenvalue weighted by Crippen LogP contribution is 2.21. The molecule has 0 amide bonds. The Kier molecular flexibility index (Phi) is 5.59. The van der Waals surface area contributed by atoms with E-state index in [1.807, 2.05) is 13.8 Å². The van der Waals surface area contributed by atoms with Crippen LogP contribution in [0.1, 0.15) is 33.6 Å². The Hall–Kier alpha value is -0.290. The summed E-state index contributed by atoms with van der Waals surface area (Å²) in [5.74, 6) is 0. The topological polar surface area (TPSA) is 21.3 Å². The van der Waals surface area contributed by atoms with Crippen molar-refractivity contribution >= 4 is 0 Å². The van der Waals surface area contributed by atoms with E-state index in [9.17, 15) is 13.2 Å². The molecule has 0 aliphatic carbocycles. The first kappa shape index (κ1) is 14.7. The number of alkyl halides is 3. The number of rotatable bonds is 6. The second-order valence-electron chi connectivity index (χ2n) is 4.39. The minimum absolute atomic E-state index is 0.287.